The zero-order chi connectivity index (χ0) is 23.7. The number of hydrogen-bond acceptors (Lipinski definition) is 5. The average molecular weight is 443 g/mol. The SMILES string of the molecule is COc1ccc(/C(O)=C2/C(=O)C(=O)N(Cc3cc(C)ccc3C)C2c2ccncc2)cc1C. The smallest absolute Gasteiger partial charge is 0.295 e. The summed E-state index contributed by atoms with van der Waals surface area (Å²) in [6.45, 7) is 6.08. The zero-order valence-electron chi connectivity index (χ0n) is 19.1. The number of aliphatic hydroxyl groups is 1. The third kappa shape index (κ3) is 4.12. The summed E-state index contributed by atoms with van der Waals surface area (Å²) in [6, 6.07) is 14.0. The van der Waals surface area contributed by atoms with E-state index in [-0.39, 0.29) is 17.9 Å². The van der Waals surface area contributed by atoms with Crippen LogP contribution in [0.4, 0.5) is 0 Å². The molecular weight excluding hydrogens is 416 g/mol. The second-order valence-corrected chi connectivity index (χ2v) is 8.32. The van der Waals surface area contributed by atoms with Gasteiger partial charge in [-0.15, -0.1) is 0 Å². The van der Waals surface area contributed by atoms with Crippen molar-refractivity contribution in [3.05, 3.63) is 99.9 Å². The summed E-state index contributed by atoms with van der Waals surface area (Å²) in [5.74, 6) is -0.866. The molecule has 6 heteroatoms. The number of nitrogens with zero attached hydrogens (tertiary/aromatic N) is 2. The third-order valence-corrected chi connectivity index (χ3v) is 6.08. The number of rotatable bonds is 5. The van der Waals surface area contributed by atoms with Crippen LogP contribution < -0.4 is 4.74 Å². The van der Waals surface area contributed by atoms with Gasteiger partial charge in [-0.05, 0) is 73.4 Å². The van der Waals surface area contributed by atoms with E-state index in [0.29, 0.717) is 16.9 Å². The molecular formula is C27H26N2O4. The molecule has 1 aromatic heterocycles. The minimum atomic E-state index is -0.727. The molecule has 1 saturated heterocycles. The fourth-order valence-electron chi connectivity index (χ4n) is 4.27. The molecule has 1 atom stereocenters. The fourth-order valence-corrected chi connectivity index (χ4v) is 4.27. The van der Waals surface area contributed by atoms with Crippen molar-refractivity contribution >= 4 is 17.4 Å². The van der Waals surface area contributed by atoms with Gasteiger partial charge in [0.15, 0.2) is 0 Å². The highest BCUT2D eigenvalue weighted by molar-refractivity contribution is 6.46. The standard InChI is InChI=1S/C27H26N2O4/c1-16-5-6-17(2)21(13-16)15-29-24(19-9-11-28-12-10-19)23(26(31)27(29)32)25(30)20-7-8-22(33-4)18(3)14-20/h5-14,24,30H,15H2,1-4H3/b25-23-. The van der Waals surface area contributed by atoms with Crippen LogP contribution in [0.15, 0.2) is 66.5 Å². The maximum absolute atomic E-state index is 13.2. The molecule has 168 valence electrons. The highest BCUT2D eigenvalue weighted by Crippen LogP contribution is 2.40. The molecule has 1 aliphatic rings. The molecule has 1 fully saturated rings. The topological polar surface area (TPSA) is 79.7 Å². The summed E-state index contributed by atoms with van der Waals surface area (Å²) < 4.78 is 5.30. The van der Waals surface area contributed by atoms with Gasteiger partial charge in [0.25, 0.3) is 11.7 Å². The van der Waals surface area contributed by atoms with Crippen molar-refractivity contribution in [3.63, 3.8) is 0 Å². The van der Waals surface area contributed by atoms with Crippen LogP contribution in [0, 0.1) is 20.8 Å². The van der Waals surface area contributed by atoms with Crippen LogP contribution in [0.25, 0.3) is 5.76 Å². The Labute approximate surface area is 193 Å². The van der Waals surface area contributed by atoms with Gasteiger partial charge in [0, 0.05) is 24.5 Å². The highest BCUT2D eigenvalue weighted by atomic mass is 16.5. The number of amides is 1. The summed E-state index contributed by atoms with van der Waals surface area (Å²) in [5, 5.41) is 11.2. The Morgan fingerprint density at radius 1 is 1.00 bits per heavy atom. The molecule has 1 amide bonds. The Kier molecular flexibility index (Phi) is 6.01. The lowest BCUT2D eigenvalue weighted by Gasteiger charge is -2.26. The summed E-state index contributed by atoms with van der Waals surface area (Å²) in [5.41, 5.74) is 5.10. The molecule has 0 saturated carbocycles. The quantitative estimate of drug-likeness (QED) is 0.354. The van der Waals surface area contributed by atoms with Crippen molar-refractivity contribution in [1.82, 2.24) is 9.88 Å². The van der Waals surface area contributed by atoms with Gasteiger partial charge in [-0.25, -0.2) is 0 Å². The maximum atomic E-state index is 13.2. The third-order valence-electron chi connectivity index (χ3n) is 6.08. The van der Waals surface area contributed by atoms with Crippen molar-refractivity contribution in [2.75, 3.05) is 7.11 Å². The molecule has 0 radical (unpaired) electrons. The van der Waals surface area contributed by atoms with E-state index in [9.17, 15) is 14.7 Å². The molecule has 3 aromatic rings. The van der Waals surface area contributed by atoms with E-state index in [0.717, 1.165) is 22.3 Å². The minimum absolute atomic E-state index is 0.0704. The second-order valence-electron chi connectivity index (χ2n) is 8.32. The van der Waals surface area contributed by atoms with Gasteiger partial charge in [0.1, 0.15) is 11.5 Å². The largest absolute Gasteiger partial charge is 0.507 e. The summed E-state index contributed by atoms with van der Waals surface area (Å²) in [7, 11) is 1.57. The number of benzene rings is 2. The van der Waals surface area contributed by atoms with E-state index in [1.807, 2.05) is 39.0 Å². The predicted molar refractivity (Wildman–Crippen MR) is 126 cm³/mol. The van der Waals surface area contributed by atoms with Crippen LogP contribution in [-0.4, -0.2) is 33.8 Å². The van der Waals surface area contributed by atoms with Gasteiger partial charge in [0.05, 0.1) is 18.7 Å². The fraction of sp³-hybridized carbons (Fsp3) is 0.222. The first kappa shape index (κ1) is 22.3. The maximum Gasteiger partial charge on any atom is 0.295 e. The Hall–Kier alpha value is -3.93. The molecule has 6 nitrogen and oxygen atoms in total. The average Bonchev–Trinajstić information content (AvgIpc) is 3.06. The molecule has 1 unspecified atom stereocenters. The molecule has 0 aliphatic carbocycles. The Balaban J connectivity index is 1.86. The lowest BCUT2D eigenvalue weighted by molar-refractivity contribution is -0.140. The summed E-state index contributed by atoms with van der Waals surface area (Å²) >= 11 is 0. The predicted octanol–water partition coefficient (Wildman–Crippen LogP) is 4.64. The number of pyridine rings is 1. The van der Waals surface area contributed by atoms with Gasteiger partial charge in [-0.3, -0.25) is 14.6 Å². The number of carbonyl (C=O) groups excluding carboxylic acids is 2. The lowest BCUT2D eigenvalue weighted by Crippen LogP contribution is -2.29. The van der Waals surface area contributed by atoms with Crippen LogP contribution in [0.3, 0.4) is 0 Å². The Bertz CT molecular complexity index is 1260. The number of ketones is 1. The van der Waals surface area contributed by atoms with Crippen molar-refractivity contribution in [3.8, 4) is 5.75 Å². The van der Waals surface area contributed by atoms with Crippen LogP contribution in [0.1, 0.15) is 39.4 Å². The molecule has 2 heterocycles. The van der Waals surface area contributed by atoms with Gasteiger partial charge in [-0.2, -0.15) is 0 Å². The second kappa shape index (κ2) is 8.90. The van der Waals surface area contributed by atoms with Gasteiger partial charge in [-0.1, -0.05) is 23.8 Å². The first-order valence-electron chi connectivity index (χ1n) is 10.7. The van der Waals surface area contributed by atoms with Crippen LogP contribution in [0.2, 0.25) is 0 Å². The minimum Gasteiger partial charge on any atom is -0.507 e. The van der Waals surface area contributed by atoms with Crippen molar-refractivity contribution in [1.29, 1.82) is 0 Å². The first-order chi connectivity index (χ1) is 15.8. The molecule has 0 bridgehead atoms. The van der Waals surface area contributed by atoms with Crippen molar-refractivity contribution < 1.29 is 19.4 Å². The number of likely N-dealkylation sites (tertiary alicyclic amines) is 1. The summed E-state index contributed by atoms with van der Waals surface area (Å²) in [6.07, 6.45) is 3.23. The van der Waals surface area contributed by atoms with E-state index in [4.69, 9.17) is 4.74 Å². The number of aryl methyl sites for hydroxylation is 3. The number of ether oxygens (including phenoxy) is 1. The van der Waals surface area contributed by atoms with Gasteiger partial charge >= 0.3 is 0 Å². The van der Waals surface area contributed by atoms with Crippen LogP contribution >= 0.6 is 0 Å². The van der Waals surface area contributed by atoms with E-state index in [2.05, 4.69) is 4.98 Å². The molecule has 0 spiro atoms. The molecule has 1 aliphatic heterocycles. The van der Waals surface area contributed by atoms with Crippen molar-refractivity contribution in [2.45, 2.75) is 33.4 Å². The molecule has 33 heavy (non-hydrogen) atoms. The monoisotopic (exact) mass is 442 g/mol. The first-order valence-corrected chi connectivity index (χ1v) is 10.7. The number of hydrogen-bond donors (Lipinski definition) is 1. The van der Waals surface area contributed by atoms with E-state index < -0.39 is 17.7 Å². The number of aromatic nitrogens is 1. The van der Waals surface area contributed by atoms with E-state index in [1.165, 1.54) is 4.90 Å². The normalized spacial score (nSPS) is 17.5. The lowest BCUT2D eigenvalue weighted by atomic mass is 9.95. The molecule has 1 N–H and O–H groups in total. The Morgan fingerprint density at radius 3 is 2.39 bits per heavy atom. The number of methoxy groups -OCH3 is 1. The van der Waals surface area contributed by atoms with Gasteiger partial charge in [0.2, 0.25) is 0 Å². The highest BCUT2D eigenvalue weighted by Gasteiger charge is 2.46. The van der Waals surface area contributed by atoms with Crippen molar-refractivity contribution in [2.24, 2.45) is 0 Å². The number of Topliss-reactive ketones (excluding diaryl/α,β-unsaturated/α-hetero) is 1. The van der Waals surface area contributed by atoms with Crippen LogP contribution in [0.5, 0.6) is 5.75 Å². The number of carbonyl (C=O) groups is 2. The zero-order valence-corrected chi connectivity index (χ0v) is 19.1. The summed E-state index contributed by atoms with van der Waals surface area (Å²) in [4.78, 5) is 32.0. The molecule has 2 aromatic carbocycles. The van der Waals surface area contributed by atoms with Gasteiger partial charge < -0.3 is 14.7 Å². The van der Waals surface area contributed by atoms with Crippen LogP contribution in [-0.2, 0) is 16.1 Å². The van der Waals surface area contributed by atoms with E-state index >= 15 is 0 Å². The Morgan fingerprint density at radius 2 is 1.73 bits per heavy atom. The molecule has 4 rings (SSSR count). The number of aliphatic hydroxyl groups excluding tert-OH is 1. The van der Waals surface area contributed by atoms with E-state index in [1.54, 1.807) is 49.8 Å².